The van der Waals surface area contributed by atoms with Gasteiger partial charge in [0, 0.05) is 0 Å². The van der Waals surface area contributed by atoms with Gasteiger partial charge in [-0.1, -0.05) is 0 Å². The van der Waals surface area contributed by atoms with Gasteiger partial charge in [0.2, 0.25) is 5.82 Å². The molecule has 1 aliphatic rings. The summed E-state index contributed by atoms with van der Waals surface area (Å²) in [7, 11) is 0. The highest BCUT2D eigenvalue weighted by atomic mass is 16.4. The number of hydrogen-bond acceptors (Lipinski definition) is 6. The fraction of sp³-hybridized carbons (Fsp3) is 0. The van der Waals surface area contributed by atoms with Crippen molar-refractivity contribution >= 4 is 28.4 Å². The molecule has 0 bridgehead atoms. The van der Waals surface area contributed by atoms with Gasteiger partial charge >= 0.3 is 5.97 Å². The van der Waals surface area contributed by atoms with E-state index in [1.54, 1.807) is 6.07 Å². The summed E-state index contributed by atoms with van der Waals surface area (Å²) in [4.78, 5) is 10.9. The Bertz CT molecular complexity index is 622. The van der Waals surface area contributed by atoms with E-state index in [1.165, 1.54) is 6.07 Å². The summed E-state index contributed by atoms with van der Waals surface area (Å²) in [6.45, 7) is 0. The Morgan fingerprint density at radius 2 is 2.07 bits per heavy atom. The predicted molar refractivity (Wildman–Crippen MR) is 48.5 cm³/mol. The van der Waals surface area contributed by atoms with E-state index >= 15 is 0 Å². The van der Waals surface area contributed by atoms with Crippen molar-refractivity contribution in [2.24, 2.45) is 10.2 Å². The second-order valence-corrected chi connectivity index (χ2v) is 2.97. The molecule has 72 valence electrons. The lowest BCUT2D eigenvalue weighted by Gasteiger charge is -1.99. The molecular formula is C8H3N5O2. The summed E-state index contributed by atoms with van der Waals surface area (Å²) in [5.41, 5.74) is 0.946. The van der Waals surface area contributed by atoms with Crippen LogP contribution < -0.4 is 0 Å². The number of carboxylic acid groups (broad SMARTS) is 1. The number of aromatic carboxylic acids is 1. The van der Waals surface area contributed by atoms with Crippen molar-refractivity contribution in [1.29, 1.82) is 0 Å². The number of benzene rings is 1. The van der Waals surface area contributed by atoms with Crippen molar-refractivity contribution in [3.05, 3.63) is 17.7 Å². The summed E-state index contributed by atoms with van der Waals surface area (Å²) in [5.74, 6) is -0.728. The topological polar surface area (TPSA) is 101 Å². The van der Waals surface area contributed by atoms with Crippen LogP contribution in [0.15, 0.2) is 22.4 Å². The summed E-state index contributed by atoms with van der Waals surface area (Å²) >= 11 is 0. The molecular weight excluding hydrogens is 198 g/mol. The maximum atomic E-state index is 10.9. The zero-order valence-corrected chi connectivity index (χ0v) is 7.25. The highest BCUT2D eigenvalue weighted by molar-refractivity contribution is 6.07. The third-order valence-corrected chi connectivity index (χ3v) is 2.15. The first-order valence-electron chi connectivity index (χ1n) is 4.08. The average Bonchev–Trinajstić information content (AvgIpc) is 2.65. The van der Waals surface area contributed by atoms with Crippen LogP contribution in [0.2, 0.25) is 0 Å². The van der Waals surface area contributed by atoms with Crippen LogP contribution in [0.25, 0.3) is 10.9 Å². The zero-order valence-electron chi connectivity index (χ0n) is 7.25. The Balaban J connectivity index is 2.50. The van der Waals surface area contributed by atoms with E-state index in [0.717, 1.165) is 0 Å². The zero-order chi connectivity index (χ0) is 10.4. The van der Waals surface area contributed by atoms with Crippen molar-refractivity contribution in [3.8, 4) is 0 Å². The number of carbonyl (C=O) groups is 1. The van der Waals surface area contributed by atoms with Crippen LogP contribution in [0.3, 0.4) is 0 Å². The van der Waals surface area contributed by atoms with Crippen LogP contribution in [-0.2, 0) is 0 Å². The third-order valence-electron chi connectivity index (χ3n) is 2.15. The SMILES string of the molecule is O=C(O)c1ccc2nnnc3c2c1N=N3. The molecule has 15 heavy (non-hydrogen) atoms. The van der Waals surface area contributed by atoms with Crippen LogP contribution >= 0.6 is 0 Å². The van der Waals surface area contributed by atoms with Gasteiger partial charge in [0.25, 0.3) is 0 Å². The van der Waals surface area contributed by atoms with Gasteiger partial charge in [-0.25, -0.2) is 4.79 Å². The normalized spacial score (nSPS) is 12.3. The molecule has 0 aliphatic carbocycles. The molecule has 0 unspecified atom stereocenters. The predicted octanol–water partition coefficient (Wildman–Crippen LogP) is 1.45. The molecule has 0 saturated carbocycles. The van der Waals surface area contributed by atoms with Crippen LogP contribution in [0.5, 0.6) is 0 Å². The molecule has 0 radical (unpaired) electrons. The van der Waals surface area contributed by atoms with Gasteiger partial charge in [-0.2, -0.15) is 0 Å². The monoisotopic (exact) mass is 201 g/mol. The highest BCUT2D eigenvalue weighted by Crippen LogP contribution is 2.39. The second kappa shape index (κ2) is 2.53. The lowest BCUT2D eigenvalue weighted by molar-refractivity contribution is 0.0698. The molecule has 0 spiro atoms. The minimum Gasteiger partial charge on any atom is -0.478 e. The van der Waals surface area contributed by atoms with Gasteiger partial charge in [0.15, 0.2) is 0 Å². The molecule has 2 heterocycles. The molecule has 1 aromatic carbocycles. The number of carboxylic acids is 1. The number of aromatic nitrogens is 3. The van der Waals surface area contributed by atoms with E-state index < -0.39 is 5.97 Å². The van der Waals surface area contributed by atoms with Gasteiger partial charge in [-0.15, -0.1) is 20.4 Å². The van der Waals surface area contributed by atoms with E-state index in [2.05, 4.69) is 25.6 Å². The Hall–Kier alpha value is -2.44. The molecule has 3 rings (SSSR count). The van der Waals surface area contributed by atoms with E-state index in [9.17, 15) is 4.79 Å². The van der Waals surface area contributed by atoms with Crippen molar-refractivity contribution in [2.45, 2.75) is 0 Å². The summed E-state index contributed by atoms with van der Waals surface area (Å²) in [6, 6.07) is 3.00. The molecule has 1 N–H and O–H groups in total. The van der Waals surface area contributed by atoms with E-state index in [4.69, 9.17) is 5.11 Å². The maximum Gasteiger partial charge on any atom is 0.337 e. The van der Waals surface area contributed by atoms with Crippen LogP contribution in [0, 0.1) is 0 Å². The van der Waals surface area contributed by atoms with Gasteiger partial charge < -0.3 is 5.11 Å². The first-order chi connectivity index (χ1) is 7.27. The molecule has 7 nitrogen and oxygen atoms in total. The average molecular weight is 201 g/mol. The van der Waals surface area contributed by atoms with Crippen LogP contribution in [0.4, 0.5) is 11.5 Å². The molecule has 0 saturated heterocycles. The van der Waals surface area contributed by atoms with E-state index in [1.807, 2.05) is 0 Å². The van der Waals surface area contributed by atoms with Crippen LogP contribution in [-0.4, -0.2) is 26.5 Å². The Kier molecular flexibility index (Phi) is 1.34. The fourth-order valence-corrected chi connectivity index (χ4v) is 1.49. The van der Waals surface area contributed by atoms with Crippen molar-refractivity contribution in [3.63, 3.8) is 0 Å². The third kappa shape index (κ3) is 0.938. The lowest BCUT2D eigenvalue weighted by atomic mass is 10.1. The fourth-order valence-electron chi connectivity index (χ4n) is 1.49. The second-order valence-electron chi connectivity index (χ2n) is 2.97. The molecule has 2 aromatic rings. The minimum atomic E-state index is -1.05. The van der Waals surface area contributed by atoms with Crippen molar-refractivity contribution < 1.29 is 9.90 Å². The highest BCUT2D eigenvalue weighted by Gasteiger charge is 2.21. The van der Waals surface area contributed by atoms with Crippen molar-refractivity contribution in [2.75, 3.05) is 0 Å². The smallest absolute Gasteiger partial charge is 0.337 e. The Labute approximate surface area is 82.5 Å². The van der Waals surface area contributed by atoms with Gasteiger partial charge in [0.1, 0.15) is 11.2 Å². The summed E-state index contributed by atoms with van der Waals surface area (Å²) in [6.07, 6.45) is 0. The molecule has 0 fully saturated rings. The lowest BCUT2D eigenvalue weighted by Crippen LogP contribution is -1.97. The molecule has 0 amide bonds. The van der Waals surface area contributed by atoms with Gasteiger partial charge in [0.05, 0.1) is 10.9 Å². The molecule has 0 atom stereocenters. The summed E-state index contributed by atoms with van der Waals surface area (Å²) in [5, 5.41) is 27.9. The minimum absolute atomic E-state index is 0.0970. The van der Waals surface area contributed by atoms with E-state index in [0.29, 0.717) is 22.4 Å². The quantitative estimate of drug-likeness (QED) is 0.642. The number of nitrogens with zero attached hydrogens (tertiary/aromatic N) is 5. The number of azo groups is 1. The Morgan fingerprint density at radius 3 is 2.87 bits per heavy atom. The summed E-state index contributed by atoms with van der Waals surface area (Å²) < 4.78 is 0. The number of rotatable bonds is 1. The number of hydrogen-bond donors (Lipinski definition) is 1. The first-order valence-corrected chi connectivity index (χ1v) is 4.08. The molecule has 1 aliphatic heterocycles. The molecule has 1 aromatic heterocycles. The Morgan fingerprint density at radius 1 is 1.20 bits per heavy atom. The van der Waals surface area contributed by atoms with E-state index in [-0.39, 0.29) is 5.56 Å². The van der Waals surface area contributed by atoms with Gasteiger partial charge in [-0.3, -0.25) is 0 Å². The molecule has 7 heteroatoms. The largest absolute Gasteiger partial charge is 0.478 e. The van der Waals surface area contributed by atoms with Gasteiger partial charge in [-0.05, 0) is 17.3 Å². The first kappa shape index (κ1) is 7.92. The standard InChI is InChI=1S/C8H3N5O2/c14-8(15)3-1-2-4-5-6(3)10-11-7(5)12-13-9-4/h1-2H,(H,14,15). The van der Waals surface area contributed by atoms with Crippen molar-refractivity contribution in [1.82, 2.24) is 15.4 Å². The van der Waals surface area contributed by atoms with Crippen LogP contribution in [0.1, 0.15) is 10.4 Å². The maximum absolute atomic E-state index is 10.9.